The number of halogens is 5. The third-order valence-electron chi connectivity index (χ3n) is 3.19. The fourth-order valence-electron chi connectivity index (χ4n) is 2.10. The highest BCUT2D eigenvalue weighted by Gasteiger charge is 2.20. The summed E-state index contributed by atoms with van der Waals surface area (Å²) in [6.07, 6.45) is 0. The molecule has 0 aromatic heterocycles. The molecule has 0 radical (unpaired) electrons. The molecule has 1 atom stereocenters. The van der Waals surface area contributed by atoms with Gasteiger partial charge in [0.2, 0.25) is 0 Å². The second kappa shape index (κ2) is 7.94. The molecule has 1 N–H and O–H groups in total. The van der Waals surface area contributed by atoms with E-state index in [9.17, 15) is 13.2 Å². The van der Waals surface area contributed by atoms with Crippen LogP contribution in [0.15, 0.2) is 12.1 Å². The molecule has 0 amide bonds. The minimum absolute atomic E-state index is 0. The monoisotopic (exact) mass is 316 g/mol. The average molecular weight is 317 g/mol. The van der Waals surface area contributed by atoms with Crippen molar-refractivity contribution in [1.29, 1.82) is 0 Å². The third kappa shape index (κ3) is 4.24. The largest absolute Gasteiger partial charge is 0.314 e. The van der Waals surface area contributed by atoms with Gasteiger partial charge in [-0.25, -0.2) is 13.2 Å². The lowest BCUT2D eigenvalue weighted by Gasteiger charge is -2.33. The molecule has 1 aliphatic heterocycles. The number of piperazine rings is 1. The summed E-state index contributed by atoms with van der Waals surface area (Å²) in [6, 6.07) is 2.04. The quantitative estimate of drug-likeness (QED) is 0.844. The van der Waals surface area contributed by atoms with Gasteiger partial charge in [0.05, 0.1) is 0 Å². The maximum Gasteiger partial charge on any atom is 0.194 e. The minimum Gasteiger partial charge on any atom is -0.314 e. The second-order valence-electron chi connectivity index (χ2n) is 4.26. The molecule has 7 heteroatoms. The molecular weight excluding hydrogens is 300 g/mol. The van der Waals surface area contributed by atoms with Crippen molar-refractivity contribution in [2.24, 2.45) is 0 Å². The van der Waals surface area contributed by atoms with Gasteiger partial charge in [0, 0.05) is 32.2 Å². The third-order valence-corrected chi connectivity index (χ3v) is 3.19. The van der Waals surface area contributed by atoms with Crippen LogP contribution in [0.3, 0.4) is 0 Å². The maximum absolute atomic E-state index is 13.1. The molecule has 0 bridgehead atoms. The topological polar surface area (TPSA) is 15.3 Å². The molecule has 0 unspecified atom stereocenters. The zero-order valence-corrected chi connectivity index (χ0v) is 12.1. The zero-order valence-electron chi connectivity index (χ0n) is 10.5. The smallest absolute Gasteiger partial charge is 0.194 e. The molecule has 2 nitrogen and oxygen atoms in total. The van der Waals surface area contributed by atoms with Gasteiger partial charge in [0.1, 0.15) is 0 Å². The Bertz CT molecular complexity index is 389. The van der Waals surface area contributed by atoms with Crippen LogP contribution in [0.2, 0.25) is 0 Å². The van der Waals surface area contributed by atoms with E-state index >= 15 is 0 Å². The highest BCUT2D eigenvalue weighted by Crippen LogP contribution is 2.23. The number of benzene rings is 1. The van der Waals surface area contributed by atoms with E-state index in [2.05, 4.69) is 10.2 Å². The van der Waals surface area contributed by atoms with Crippen molar-refractivity contribution in [2.45, 2.75) is 13.0 Å². The van der Waals surface area contributed by atoms with E-state index in [0.29, 0.717) is 5.56 Å². The van der Waals surface area contributed by atoms with Crippen LogP contribution in [0.1, 0.15) is 18.5 Å². The lowest BCUT2D eigenvalue weighted by molar-refractivity contribution is 0.184. The van der Waals surface area contributed by atoms with Crippen LogP contribution in [-0.2, 0) is 0 Å². The van der Waals surface area contributed by atoms with E-state index in [1.165, 1.54) is 0 Å². The molecule has 19 heavy (non-hydrogen) atoms. The molecule has 1 fully saturated rings. The average Bonchev–Trinajstić information content (AvgIpc) is 2.35. The fourth-order valence-corrected chi connectivity index (χ4v) is 2.10. The zero-order chi connectivity index (χ0) is 12.4. The Morgan fingerprint density at radius 2 is 1.53 bits per heavy atom. The summed E-state index contributed by atoms with van der Waals surface area (Å²) in [5.41, 5.74) is 0.475. The molecular formula is C12H17Cl2F3N2. The normalized spacial score (nSPS) is 17.3. The summed E-state index contributed by atoms with van der Waals surface area (Å²) < 4.78 is 39.1. The molecule has 1 heterocycles. The van der Waals surface area contributed by atoms with Crippen molar-refractivity contribution < 1.29 is 13.2 Å². The first-order valence-electron chi connectivity index (χ1n) is 5.69. The summed E-state index contributed by atoms with van der Waals surface area (Å²) in [6.45, 7) is 5.23. The van der Waals surface area contributed by atoms with Crippen LogP contribution >= 0.6 is 24.8 Å². The standard InChI is InChI=1S/C12H15F3N2.2ClH/c1-8(17-4-2-16-3-5-17)9-6-10(13)12(15)11(14)7-9;;/h6-8,16H,2-5H2,1H3;2*1H/t8-;;/m1../s1. The molecule has 0 saturated carbocycles. The number of hydrogen-bond donors (Lipinski definition) is 1. The summed E-state index contributed by atoms with van der Waals surface area (Å²) in [5, 5.41) is 3.20. The SMILES string of the molecule is C[C@H](c1cc(F)c(F)c(F)c1)N1CCNCC1.Cl.Cl. The Labute approximate surface area is 123 Å². The predicted octanol–water partition coefficient (Wildman–Crippen LogP) is 2.91. The van der Waals surface area contributed by atoms with Crippen molar-refractivity contribution >= 4 is 24.8 Å². The fraction of sp³-hybridized carbons (Fsp3) is 0.500. The molecule has 1 aromatic rings. The Kier molecular flexibility index (Phi) is 7.74. The summed E-state index contributed by atoms with van der Waals surface area (Å²) in [4.78, 5) is 2.11. The Morgan fingerprint density at radius 1 is 1.05 bits per heavy atom. The molecule has 1 aliphatic rings. The van der Waals surface area contributed by atoms with Gasteiger partial charge in [-0.2, -0.15) is 0 Å². The summed E-state index contributed by atoms with van der Waals surface area (Å²) in [5.74, 6) is -3.65. The van der Waals surface area contributed by atoms with Gasteiger partial charge in [0.15, 0.2) is 17.5 Å². The van der Waals surface area contributed by atoms with Gasteiger partial charge in [-0.3, -0.25) is 4.90 Å². The second-order valence-corrected chi connectivity index (χ2v) is 4.26. The Balaban J connectivity index is 0.00000162. The number of nitrogens with one attached hydrogen (secondary N) is 1. The Hall–Kier alpha value is -0.490. The lowest BCUT2D eigenvalue weighted by atomic mass is 10.1. The Morgan fingerprint density at radius 3 is 2.00 bits per heavy atom. The number of hydrogen-bond acceptors (Lipinski definition) is 2. The maximum atomic E-state index is 13.1. The highest BCUT2D eigenvalue weighted by atomic mass is 35.5. The van der Waals surface area contributed by atoms with E-state index in [4.69, 9.17) is 0 Å². The van der Waals surface area contributed by atoms with Crippen LogP contribution in [0.25, 0.3) is 0 Å². The van der Waals surface area contributed by atoms with Crippen LogP contribution in [-0.4, -0.2) is 31.1 Å². The van der Waals surface area contributed by atoms with Gasteiger partial charge >= 0.3 is 0 Å². The van der Waals surface area contributed by atoms with Crippen LogP contribution < -0.4 is 5.32 Å². The van der Waals surface area contributed by atoms with Crippen molar-refractivity contribution in [3.05, 3.63) is 35.1 Å². The first-order chi connectivity index (χ1) is 8.09. The minimum atomic E-state index is -1.40. The van der Waals surface area contributed by atoms with Crippen molar-refractivity contribution in [3.8, 4) is 0 Å². The van der Waals surface area contributed by atoms with Gasteiger partial charge in [0.25, 0.3) is 0 Å². The first kappa shape index (κ1) is 18.5. The summed E-state index contributed by atoms with van der Waals surface area (Å²) >= 11 is 0. The van der Waals surface area contributed by atoms with Crippen molar-refractivity contribution in [1.82, 2.24) is 10.2 Å². The van der Waals surface area contributed by atoms with Crippen LogP contribution in [0.5, 0.6) is 0 Å². The van der Waals surface area contributed by atoms with Crippen LogP contribution in [0, 0.1) is 17.5 Å². The predicted molar refractivity (Wildman–Crippen MR) is 73.7 cm³/mol. The van der Waals surface area contributed by atoms with E-state index in [1.54, 1.807) is 0 Å². The first-order valence-corrected chi connectivity index (χ1v) is 5.69. The van der Waals surface area contributed by atoms with E-state index in [-0.39, 0.29) is 30.9 Å². The molecule has 2 rings (SSSR count). The number of nitrogens with zero attached hydrogens (tertiary/aromatic N) is 1. The number of rotatable bonds is 2. The van der Waals surface area contributed by atoms with Gasteiger partial charge in [-0.05, 0) is 24.6 Å². The van der Waals surface area contributed by atoms with Crippen molar-refractivity contribution in [3.63, 3.8) is 0 Å². The molecule has 0 aliphatic carbocycles. The van der Waals surface area contributed by atoms with Crippen molar-refractivity contribution in [2.75, 3.05) is 26.2 Å². The van der Waals surface area contributed by atoms with Gasteiger partial charge < -0.3 is 5.32 Å². The molecule has 110 valence electrons. The highest BCUT2D eigenvalue weighted by molar-refractivity contribution is 5.85. The van der Waals surface area contributed by atoms with Gasteiger partial charge in [-0.1, -0.05) is 0 Å². The molecule has 1 saturated heterocycles. The lowest BCUT2D eigenvalue weighted by Crippen LogP contribution is -2.44. The summed E-state index contributed by atoms with van der Waals surface area (Å²) in [7, 11) is 0. The van der Waals surface area contributed by atoms with Gasteiger partial charge in [-0.15, -0.1) is 24.8 Å². The van der Waals surface area contributed by atoms with Crippen LogP contribution in [0.4, 0.5) is 13.2 Å². The van der Waals surface area contributed by atoms with E-state index in [1.807, 2.05) is 6.92 Å². The van der Waals surface area contributed by atoms with E-state index in [0.717, 1.165) is 38.3 Å². The molecule has 1 aromatic carbocycles. The molecule has 0 spiro atoms. The van der Waals surface area contributed by atoms with E-state index < -0.39 is 17.5 Å².